The monoisotopic (exact) mass is 298 g/mol. The van der Waals surface area contributed by atoms with Gasteiger partial charge in [-0.3, -0.25) is 0 Å². The van der Waals surface area contributed by atoms with Gasteiger partial charge in [-0.25, -0.2) is 4.98 Å². The third-order valence-electron chi connectivity index (χ3n) is 2.58. The smallest absolute Gasteiger partial charge is 0.129 e. The summed E-state index contributed by atoms with van der Waals surface area (Å²) in [5.74, 6) is 0.915. The van der Waals surface area contributed by atoms with Gasteiger partial charge in [-0.2, -0.15) is 0 Å². The fraction of sp³-hybridized carbons (Fsp3) is 0.250. The van der Waals surface area contributed by atoms with Gasteiger partial charge in [0.2, 0.25) is 0 Å². The number of hydrogen-bond donors (Lipinski definition) is 1. The number of rotatable bonds is 2. The lowest BCUT2D eigenvalue weighted by Crippen LogP contribution is -1.98. The predicted molar refractivity (Wildman–Crippen MR) is 73.4 cm³/mol. The number of fused-ring (bicyclic) bond motifs is 1. The zero-order chi connectivity index (χ0) is 11.7. The summed E-state index contributed by atoms with van der Waals surface area (Å²) in [5.41, 5.74) is 2.11. The Balaban J connectivity index is 2.78. The van der Waals surface area contributed by atoms with Crippen LogP contribution in [0.3, 0.4) is 0 Å². The average Bonchev–Trinajstić information content (AvgIpc) is 2.32. The zero-order valence-corrected chi connectivity index (χ0v) is 11.5. The van der Waals surface area contributed by atoms with Crippen LogP contribution in [0.2, 0.25) is 5.02 Å². The number of aryl methyl sites for hydroxylation is 1. The van der Waals surface area contributed by atoms with Gasteiger partial charge in [-0.1, -0.05) is 24.6 Å². The van der Waals surface area contributed by atoms with E-state index >= 15 is 0 Å². The minimum atomic E-state index is 0.686. The molecule has 2 nitrogen and oxygen atoms in total. The Hall–Kier alpha value is -0.800. The molecule has 1 N–H and O–H groups in total. The van der Waals surface area contributed by atoms with Crippen LogP contribution in [0, 0.1) is 0 Å². The highest BCUT2D eigenvalue weighted by atomic mass is 79.9. The van der Waals surface area contributed by atoms with Gasteiger partial charge < -0.3 is 5.32 Å². The van der Waals surface area contributed by atoms with Crippen LogP contribution in [0.25, 0.3) is 10.9 Å². The van der Waals surface area contributed by atoms with Crippen LogP contribution in [-0.2, 0) is 6.42 Å². The molecule has 84 valence electrons. The van der Waals surface area contributed by atoms with Crippen molar-refractivity contribution in [3.05, 3.63) is 33.3 Å². The number of hydrogen-bond acceptors (Lipinski definition) is 2. The van der Waals surface area contributed by atoms with E-state index in [1.807, 2.05) is 19.2 Å². The normalized spacial score (nSPS) is 10.8. The van der Waals surface area contributed by atoms with Crippen molar-refractivity contribution in [3.8, 4) is 0 Å². The molecule has 0 radical (unpaired) electrons. The van der Waals surface area contributed by atoms with E-state index in [-0.39, 0.29) is 0 Å². The minimum absolute atomic E-state index is 0.686. The molecule has 0 aliphatic heterocycles. The Labute approximate surface area is 108 Å². The van der Waals surface area contributed by atoms with Gasteiger partial charge in [0.25, 0.3) is 0 Å². The molecule has 0 aliphatic carbocycles. The van der Waals surface area contributed by atoms with Gasteiger partial charge in [-0.15, -0.1) is 0 Å². The molecule has 0 amide bonds. The van der Waals surface area contributed by atoms with Crippen molar-refractivity contribution in [2.24, 2.45) is 0 Å². The van der Waals surface area contributed by atoms with Crippen LogP contribution in [0.15, 0.2) is 22.7 Å². The maximum absolute atomic E-state index is 6.05. The Morgan fingerprint density at radius 1 is 1.44 bits per heavy atom. The highest BCUT2D eigenvalue weighted by molar-refractivity contribution is 9.10. The minimum Gasteiger partial charge on any atom is -0.373 e. The number of pyridine rings is 1. The average molecular weight is 300 g/mol. The molecular formula is C12H12BrClN2. The quantitative estimate of drug-likeness (QED) is 0.896. The van der Waals surface area contributed by atoms with E-state index in [1.54, 1.807) is 0 Å². The maximum atomic E-state index is 6.05. The largest absolute Gasteiger partial charge is 0.373 e. The predicted octanol–water partition coefficient (Wildman–Crippen LogP) is 4.25. The molecule has 0 unspecified atom stereocenters. The Morgan fingerprint density at radius 2 is 2.19 bits per heavy atom. The van der Waals surface area contributed by atoms with Crippen molar-refractivity contribution in [1.82, 2.24) is 4.98 Å². The van der Waals surface area contributed by atoms with E-state index in [2.05, 4.69) is 39.2 Å². The van der Waals surface area contributed by atoms with Crippen molar-refractivity contribution in [1.29, 1.82) is 0 Å². The lowest BCUT2D eigenvalue weighted by atomic mass is 10.1. The molecule has 0 bridgehead atoms. The van der Waals surface area contributed by atoms with Crippen molar-refractivity contribution in [2.75, 3.05) is 12.4 Å². The second-order valence-corrected chi connectivity index (χ2v) is 4.73. The summed E-state index contributed by atoms with van der Waals surface area (Å²) < 4.78 is 0.853. The molecule has 1 heterocycles. The fourth-order valence-electron chi connectivity index (χ4n) is 1.71. The SMILES string of the molecule is CCc1cc2ccc(Cl)c(Br)c2nc1NC. The van der Waals surface area contributed by atoms with E-state index in [1.165, 1.54) is 5.56 Å². The van der Waals surface area contributed by atoms with Crippen molar-refractivity contribution in [2.45, 2.75) is 13.3 Å². The lowest BCUT2D eigenvalue weighted by Gasteiger charge is -2.10. The lowest BCUT2D eigenvalue weighted by molar-refractivity contribution is 1.11. The first-order valence-corrected chi connectivity index (χ1v) is 6.29. The molecule has 0 atom stereocenters. The molecule has 0 aliphatic rings. The first-order chi connectivity index (χ1) is 7.67. The standard InChI is InChI=1S/C12H12BrClN2/c1-3-7-6-8-4-5-9(14)10(13)11(8)16-12(7)15-2/h4-6H,3H2,1-2H3,(H,15,16). The second-order valence-electron chi connectivity index (χ2n) is 3.53. The summed E-state index contributed by atoms with van der Waals surface area (Å²) in [4.78, 5) is 4.58. The van der Waals surface area contributed by atoms with E-state index in [9.17, 15) is 0 Å². The third kappa shape index (κ3) is 1.89. The fourth-order valence-corrected chi connectivity index (χ4v) is 2.31. The Bertz CT molecular complexity index is 540. The number of nitrogens with one attached hydrogen (secondary N) is 1. The van der Waals surface area contributed by atoms with E-state index in [0.29, 0.717) is 5.02 Å². The molecule has 1 aromatic carbocycles. The third-order valence-corrected chi connectivity index (χ3v) is 3.92. The van der Waals surface area contributed by atoms with Crippen LogP contribution in [0.5, 0.6) is 0 Å². The van der Waals surface area contributed by atoms with Crippen LogP contribution in [0.4, 0.5) is 5.82 Å². The van der Waals surface area contributed by atoms with Gasteiger partial charge in [0, 0.05) is 12.4 Å². The molecule has 0 saturated carbocycles. The van der Waals surface area contributed by atoms with Gasteiger partial charge in [-0.05, 0) is 40.0 Å². The van der Waals surface area contributed by atoms with E-state index < -0.39 is 0 Å². The first kappa shape index (κ1) is 11.7. The van der Waals surface area contributed by atoms with E-state index in [4.69, 9.17) is 11.6 Å². The van der Waals surface area contributed by atoms with Gasteiger partial charge in [0.1, 0.15) is 5.82 Å². The first-order valence-electron chi connectivity index (χ1n) is 5.12. The molecule has 0 spiro atoms. The summed E-state index contributed by atoms with van der Waals surface area (Å²) in [7, 11) is 1.88. The van der Waals surface area contributed by atoms with Crippen molar-refractivity contribution in [3.63, 3.8) is 0 Å². The Morgan fingerprint density at radius 3 is 2.81 bits per heavy atom. The zero-order valence-electron chi connectivity index (χ0n) is 9.14. The van der Waals surface area contributed by atoms with Crippen molar-refractivity contribution >= 4 is 44.3 Å². The summed E-state index contributed by atoms with van der Waals surface area (Å²) >= 11 is 9.52. The summed E-state index contributed by atoms with van der Waals surface area (Å²) in [6.45, 7) is 2.12. The number of anilines is 1. The van der Waals surface area contributed by atoms with Crippen LogP contribution in [-0.4, -0.2) is 12.0 Å². The molecule has 16 heavy (non-hydrogen) atoms. The van der Waals surface area contributed by atoms with Gasteiger partial charge in [0.15, 0.2) is 0 Å². The summed E-state index contributed by atoms with van der Waals surface area (Å²) in [5, 5.41) is 4.90. The van der Waals surface area contributed by atoms with Crippen LogP contribution in [0.1, 0.15) is 12.5 Å². The number of nitrogens with zero attached hydrogens (tertiary/aromatic N) is 1. The molecule has 0 saturated heterocycles. The van der Waals surface area contributed by atoms with E-state index in [0.717, 1.165) is 27.6 Å². The molecule has 2 aromatic rings. The number of benzene rings is 1. The van der Waals surface area contributed by atoms with Gasteiger partial charge in [0.05, 0.1) is 15.0 Å². The molecule has 2 rings (SSSR count). The number of aromatic nitrogens is 1. The molecule has 4 heteroatoms. The highest BCUT2D eigenvalue weighted by Crippen LogP contribution is 2.32. The molecule has 1 aromatic heterocycles. The summed E-state index contributed by atoms with van der Waals surface area (Å²) in [6, 6.07) is 6.03. The highest BCUT2D eigenvalue weighted by Gasteiger charge is 2.08. The second kappa shape index (κ2) is 4.60. The number of halogens is 2. The molecule has 0 fully saturated rings. The maximum Gasteiger partial charge on any atom is 0.129 e. The summed E-state index contributed by atoms with van der Waals surface area (Å²) in [6.07, 6.45) is 0.958. The topological polar surface area (TPSA) is 24.9 Å². The van der Waals surface area contributed by atoms with Crippen molar-refractivity contribution < 1.29 is 0 Å². The Kier molecular flexibility index (Phi) is 3.36. The molecular weight excluding hydrogens is 288 g/mol. The van der Waals surface area contributed by atoms with Crippen LogP contribution >= 0.6 is 27.5 Å². The van der Waals surface area contributed by atoms with Gasteiger partial charge >= 0.3 is 0 Å². The van der Waals surface area contributed by atoms with Crippen LogP contribution < -0.4 is 5.32 Å².